The normalized spacial score (nSPS) is 18.5. The first-order valence-electron chi connectivity index (χ1n) is 4.06. The van der Waals surface area contributed by atoms with Gasteiger partial charge in [0.2, 0.25) is 6.39 Å². The van der Waals surface area contributed by atoms with E-state index >= 15 is 0 Å². The molecule has 2 rings (SSSR count). The zero-order chi connectivity index (χ0) is 10.1. The third-order valence-corrected chi connectivity index (χ3v) is 2.02. The Labute approximate surface area is 79.1 Å². The van der Waals surface area contributed by atoms with Crippen LogP contribution in [0.3, 0.4) is 0 Å². The summed E-state index contributed by atoms with van der Waals surface area (Å²) in [6.07, 6.45) is 1.16. The molecule has 74 valence electrons. The molecule has 1 aliphatic rings. The van der Waals surface area contributed by atoms with E-state index in [1.807, 2.05) is 0 Å². The second kappa shape index (κ2) is 3.09. The van der Waals surface area contributed by atoms with Gasteiger partial charge in [-0.05, 0) is 6.92 Å². The number of rotatable bonds is 2. The number of imide groups is 1. The summed E-state index contributed by atoms with van der Waals surface area (Å²) >= 11 is 0. The van der Waals surface area contributed by atoms with Crippen molar-refractivity contribution in [2.24, 2.45) is 0 Å². The molecule has 1 aliphatic heterocycles. The van der Waals surface area contributed by atoms with E-state index < -0.39 is 12.1 Å². The second-order valence-electron chi connectivity index (χ2n) is 2.89. The number of nitrogens with one attached hydrogen (secondary N) is 1. The largest absolute Gasteiger partial charge is 0.343 e. The molecule has 1 aromatic rings. The third kappa shape index (κ3) is 1.22. The predicted octanol–water partition coefficient (Wildman–Crippen LogP) is -0.318. The Bertz CT molecular complexity index is 345. The van der Waals surface area contributed by atoms with Crippen LogP contribution in [0, 0.1) is 0 Å². The third-order valence-electron chi connectivity index (χ3n) is 2.02. The zero-order valence-corrected chi connectivity index (χ0v) is 7.43. The number of amides is 3. The summed E-state index contributed by atoms with van der Waals surface area (Å²) in [5, 5.41) is 5.98. The Kier molecular flexibility index (Phi) is 1.91. The molecule has 1 unspecified atom stereocenters. The second-order valence-corrected chi connectivity index (χ2v) is 2.89. The Balaban J connectivity index is 2.22. The fourth-order valence-corrected chi connectivity index (χ4v) is 1.31. The van der Waals surface area contributed by atoms with Gasteiger partial charge in [0.15, 0.2) is 5.82 Å². The van der Waals surface area contributed by atoms with Crippen molar-refractivity contribution in [3.63, 3.8) is 0 Å². The first-order chi connectivity index (χ1) is 6.70. The molecule has 0 aromatic carbocycles. The fraction of sp³-hybridized carbons (Fsp3) is 0.429. The van der Waals surface area contributed by atoms with E-state index in [0.717, 1.165) is 11.3 Å². The van der Waals surface area contributed by atoms with Crippen molar-refractivity contribution in [1.29, 1.82) is 0 Å². The van der Waals surface area contributed by atoms with E-state index in [2.05, 4.69) is 20.0 Å². The van der Waals surface area contributed by atoms with Crippen molar-refractivity contribution >= 4 is 11.9 Å². The first kappa shape index (κ1) is 8.67. The average Bonchev–Trinajstić information content (AvgIpc) is 2.75. The fourth-order valence-electron chi connectivity index (χ4n) is 1.31. The van der Waals surface area contributed by atoms with Crippen molar-refractivity contribution in [2.75, 3.05) is 6.54 Å². The van der Waals surface area contributed by atoms with Gasteiger partial charge in [-0.1, -0.05) is 5.16 Å². The molecule has 1 atom stereocenters. The van der Waals surface area contributed by atoms with Crippen LogP contribution in [0.1, 0.15) is 18.8 Å². The van der Waals surface area contributed by atoms with Gasteiger partial charge in [0.25, 0.3) is 5.91 Å². The Morgan fingerprint density at radius 1 is 1.64 bits per heavy atom. The van der Waals surface area contributed by atoms with E-state index in [-0.39, 0.29) is 12.5 Å². The maximum absolute atomic E-state index is 11.3. The lowest BCUT2D eigenvalue weighted by atomic mass is 10.3. The highest BCUT2D eigenvalue weighted by Crippen LogP contribution is 2.18. The molecule has 7 nitrogen and oxygen atoms in total. The monoisotopic (exact) mass is 196 g/mol. The van der Waals surface area contributed by atoms with Gasteiger partial charge in [0, 0.05) is 0 Å². The summed E-state index contributed by atoms with van der Waals surface area (Å²) in [6.45, 7) is 1.69. The lowest BCUT2D eigenvalue weighted by Crippen LogP contribution is -2.34. The summed E-state index contributed by atoms with van der Waals surface area (Å²) in [5.74, 6) is 0.0303. The topological polar surface area (TPSA) is 88.3 Å². The smallest absolute Gasteiger partial charge is 0.325 e. The number of urea groups is 1. The molecule has 0 bridgehead atoms. The van der Waals surface area contributed by atoms with E-state index in [1.54, 1.807) is 6.92 Å². The summed E-state index contributed by atoms with van der Waals surface area (Å²) < 4.78 is 4.53. The van der Waals surface area contributed by atoms with Crippen LogP contribution < -0.4 is 5.32 Å². The molecular weight excluding hydrogens is 188 g/mol. The number of hydrogen-bond donors (Lipinski definition) is 1. The van der Waals surface area contributed by atoms with Crippen LogP contribution in [0.4, 0.5) is 4.79 Å². The van der Waals surface area contributed by atoms with Crippen molar-refractivity contribution < 1.29 is 14.1 Å². The zero-order valence-electron chi connectivity index (χ0n) is 7.43. The summed E-state index contributed by atoms with van der Waals surface area (Å²) in [4.78, 5) is 27.4. The lowest BCUT2D eigenvalue weighted by Gasteiger charge is -2.17. The number of carbonyl (C=O) groups is 2. The molecule has 0 aliphatic carbocycles. The number of aromatic nitrogens is 2. The number of nitrogens with zero attached hydrogens (tertiary/aromatic N) is 3. The number of carbonyl (C=O) groups excluding carboxylic acids is 2. The molecule has 0 radical (unpaired) electrons. The SMILES string of the molecule is CC(c1ncon1)N1C(=O)CNC1=O. The Morgan fingerprint density at radius 2 is 2.43 bits per heavy atom. The van der Waals surface area contributed by atoms with Crippen LogP contribution in [-0.4, -0.2) is 33.5 Å². The first-order valence-corrected chi connectivity index (χ1v) is 4.06. The Morgan fingerprint density at radius 3 is 2.93 bits per heavy atom. The van der Waals surface area contributed by atoms with Gasteiger partial charge in [0.1, 0.15) is 6.04 Å². The van der Waals surface area contributed by atoms with Gasteiger partial charge in [-0.15, -0.1) is 0 Å². The van der Waals surface area contributed by atoms with Crippen LogP contribution in [-0.2, 0) is 4.79 Å². The minimum Gasteiger partial charge on any atom is -0.343 e. The van der Waals surface area contributed by atoms with E-state index in [9.17, 15) is 9.59 Å². The van der Waals surface area contributed by atoms with Crippen molar-refractivity contribution in [3.8, 4) is 0 Å². The van der Waals surface area contributed by atoms with Crippen LogP contribution in [0.5, 0.6) is 0 Å². The maximum Gasteiger partial charge on any atom is 0.325 e. The highest BCUT2D eigenvalue weighted by Gasteiger charge is 2.35. The van der Waals surface area contributed by atoms with Crippen molar-refractivity contribution in [1.82, 2.24) is 20.4 Å². The highest BCUT2D eigenvalue weighted by molar-refractivity contribution is 6.02. The predicted molar refractivity (Wildman–Crippen MR) is 43.0 cm³/mol. The lowest BCUT2D eigenvalue weighted by molar-refractivity contribution is -0.126. The van der Waals surface area contributed by atoms with Crippen molar-refractivity contribution in [2.45, 2.75) is 13.0 Å². The summed E-state index contributed by atoms with van der Waals surface area (Å²) in [6, 6.07) is -0.920. The quantitative estimate of drug-likeness (QED) is 0.655. The molecule has 0 spiro atoms. The van der Waals surface area contributed by atoms with Gasteiger partial charge < -0.3 is 9.84 Å². The molecule has 2 heterocycles. The molecule has 1 aromatic heterocycles. The van der Waals surface area contributed by atoms with Gasteiger partial charge in [-0.2, -0.15) is 4.98 Å². The number of hydrogen-bond acceptors (Lipinski definition) is 5. The molecule has 1 fully saturated rings. The maximum atomic E-state index is 11.3. The minimum atomic E-state index is -0.497. The molecule has 3 amide bonds. The van der Waals surface area contributed by atoms with Crippen molar-refractivity contribution in [3.05, 3.63) is 12.2 Å². The molecule has 0 saturated carbocycles. The van der Waals surface area contributed by atoms with E-state index in [1.165, 1.54) is 0 Å². The van der Waals surface area contributed by atoms with E-state index in [0.29, 0.717) is 5.82 Å². The average molecular weight is 196 g/mol. The summed E-state index contributed by atoms with van der Waals surface area (Å²) in [5.41, 5.74) is 0. The molecule has 1 saturated heterocycles. The summed E-state index contributed by atoms with van der Waals surface area (Å²) in [7, 11) is 0. The standard InChI is InChI=1S/C7H8N4O3/c1-4(6-9-3-14-10-6)11-5(12)2-8-7(11)13/h3-4H,2H2,1H3,(H,8,13). The van der Waals surface area contributed by atoms with Crippen LogP contribution in [0.2, 0.25) is 0 Å². The molecule has 1 N–H and O–H groups in total. The minimum absolute atomic E-state index is 0.0288. The Hall–Kier alpha value is -1.92. The highest BCUT2D eigenvalue weighted by atomic mass is 16.5. The van der Waals surface area contributed by atoms with Gasteiger partial charge in [-0.3, -0.25) is 9.69 Å². The van der Waals surface area contributed by atoms with Crippen LogP contribution >= 0.6 is 0 Å². The molecule has 14 heavy (non-hydrogen) atoms. The molecular formula is C7H8N4O3. The van der Waals surface area contributed by atoms with E-state index in [4.69, 9.17) is 0 Å². The van der Waals surface area contributed by atoms with Gasteiger partial charge in [0.05, 0.1) is 6.54 Å². The van der Waals surface area contributed by atoms with Gasteiger partial charge in [-0.25, -0.2) is 4.79 Å². The van der Waals surface area contributed by atoms with Crippen LogP contribution in [0.25, 0.3) is 0 Å². The molecule has 7 heteroatoms. The van der Waals surface area contributed by atoms with Crippen LogP contribution in [0.15, 0.2) is 10.9 Å². The van der Waals surface area contributed by atoms with Gasteiger partial charge >= 0.3 is 6.03 Å².